The molecule has 0 spiro atoms. The number of hydrogen-bond acceptors (Lipinski definition) is 7. The third kappa shape index (κ3) is 4.00. The fourth-order valence-corrected chi connectivity index (χ4v) is 3.26. The van der Waals surface area contributed by atoms with Crippen molar-refractivity contribution >= 4 is 11.9 Å². The van der Waals surface area contributed by atoms with Crippen LogP contribution < -0.4 is 0 Å². The molecule has 0 radical (unpaired) electrons. The maximum Gasteiger partial charge on any atom is 0.304 e. The lowest BCUT2D eigenvalue weighted by molar-refractivity contribution is -0.212. The van der Waals surface area contributed by atoms with Gasteiger partial charge in [0.25, 0.3) is 0 Å². The Balaban J connectivity index is 1.77. The Morgan fingerprint density at radius 3 is 2.64 bits per heavy atom. The predicted molar refractivity (Wildman–Crippen MR) is 85.3 cm³/mol. The first-order valence-electron chi connectivity index (χ1n) is 8.22. The Bertz CT molecular complexity index is 617. The van der Waals surface area contributed by atoms with E-state index < -0.39 is 29.9 Å². The van der Waals surface area contributed by atoms with Crippen LogP contribution in [-0.2, 0) is 39.9 Å². The Hall–Kier alpha value is -1.96. The molecule has 0 N–H and O–H groups in total. The third-order valence-corrected chi connectivity index (χ3v) is 4.34. The highest BCUT2D eigenvalue weighted by Gasteiger charge is 2.61. The molecule has 0 saturated carbocycles. The van der Waals surface area contributed by atoms with Crippen LogP contribution in [0, 0.1) is 5.92 Å². The largest absolute Gasteiger partial charge is 0.463 e. The summed E-state index contributed by atoms with van der Waals surface area (Å²) < 4.78 is 28.1. The zero-order valence-corrected chi connectivity index (χ0v) is 14.3. The number of rotatable bonds is 6. The zero-order valence-electron chi connectivity index (χ0n) is 14.3. The highest BCUT2D eigenvalue weighted by molar-refractivity contribution is 5.66. The van der Waals surface area contributed by atoms with Gasteiger partial charge in [0.1, 0.15) is 12.7 Å². The molecule has 2 aliphatic heterocycles. The molecule has 2 fully saturated rings. The van der Waals surface area contributed by atoms with E-state index in [0.717, 1.165) is 5.56 Å². The highest BCUT2D eigenvalue weighted by atomic mass is 16.7. The van der Waals surface area contributed by atoms with Crippen molar-refractivity contribution in [3.8, 4) is 0 Å². The van der Waals surface area contributed by atoms with E-state index in [0.29, 0.717) is 13.2 Å². The molecule has 4 atom stereocenters. The second kappa shape index (κ2) is 7.51. The van der Waals surface area contributed by atoms with Crippen molar-refractivity contribution in [1.29, 1.82) is 0 Å². The lowest BCUT2D eigenvalue weighted by Gasteiger charge is -2.37. The molecule has 0 amide bonds. The second-order valence-electron chi connectivity index (χ2n) is 6.34. The van der Waals surface area contributed by atoms with Crippen LogP contribution in [-0.4, -0.2) is 49.8 Å². The number of hydrogen-bond donors (Lipinski definition) is 0. The van der Waals surface area contributed by atoms with E-state index in [4.69, 9.17) is 23.7 Å². The first-order chi connectivity index (χ1) is 12.0. The van der Waals surface area contributed by atoms with Gasteiger partial charge in [-0.05, 0) is 5.56 Å². The number of ether oxygens (including phenoxy) is 5. The van der Waals surface area contributed by atoms with Gasteiger partial charge < -0.3 is 23.7 Å². The van der Waals surface area contributed by atoms with Crippen molar-refractivity contribution in [3.05, 3.63) is 35.9 Å². The normalized spacial score (nSPS) is 30.7. The van der Waals surface area contributed by atoms with Crippen LogP contribution in [0.15, 0.2) is 30.3 Å². The number of benzene rings is 1. The fourth-order valence-electron chi connectivity index (χ4n) is 3.26. The van der Waals surface area contributed by atoms with E-state index in [1.54, 1.807) is 0 Å². The maximum absolute atomic E-state index is 11.4. The predicted octanol–water partition coefficient (Wildman–Crippen LogP) is 1.44. The third-order valence-electron chi connectivity index (χ3n) is 4.34. The molecule has 3 rings (SSSR count). The molecule has 136 valence electrons. The topological polar surface area (TPSA) is 80.3 Å². The molecule has 4 unspecified atom stereocenters. The Morgan fingerprint density at radius 2 is 1.96 bits per heavy atom. The van der Waals surface area contributed by atoms with Crippen molar-refractivity contribution in [2.24, 2.45) is 5.92 Å². The van der Waals surface area contributed by atoms with Crippen LogP contribution in [0.25, 0.3) is 0 Å². The minimum Gasteiger partial charge on any atom is -0.463 e. The summed E-state index contributed by atoms with van der Waals surface area (Å²) in [5, 5.41) is 0. The van der Waals surface area contributed by atoms with Gasteiger partial charge in [0, 0.05) is 13.8 Å². The summed E-state index contributed by atoms with van der Waals surface area (Å²) >= 11 is 0. The van der Waals surface area contributed by atoms with Gasteiger partial charge in [-0.3, -0.25) is 9.59 Å². The van der Waals surface area contributed by atoms with E-state index >= 15 is 0 Å². The van der Waals surface area contributed by atoms with E-state index in [9.17, 15) is 9.59 Å². The van der Waals surface area contributed by atoms with Crippen molar-refractivity contribution in [2.75, 3.05) is 19.8 Å². The first-order valence-corrected chi connectivity index (χ1v) is 8.22. The van der Waals surface area contributed by atoms with Crippen LogP contribution in [0.2, 0.25) is 0 Å². The van der Waals surface area contributed by atoms with E-state index in [2.05, 4.69) is 0 Å². The Kier molecular flexibility index (Phi) is 5.36. The first kappa shape index (κ1) is 17.8. The summed E-state index contributed by atoms with van der Waals surface area (Å²) in [6.07, 6.45) is -1.19. The van der Waals surface area contributed by atoms with Crippen LogP contribution in [0.3, 0.4) is 0 Å². The molecule has 7 heteroatoms. The Morgan fingerprint density at radius 1 is 1.20 bits per heavy atom. The minimum atomic E-state index is -0.983. The van der Waals surface area contributed by atoms with E-state index in [1.165, 1.54) is 13.8 Å². The zero-order chi connectivity index (χ0) is 17.9. The molecule has 25 heavy (non-hydrogen) atoms. The van der Waals surface area contributed by atoms with Gasteiger partial charge in [-0.2, -0.15) is 0 Å². The second-order valence-corrected chi connectivity index (χ2v) is 6.34. The monoisotopic (exact) mass is 350 g/mol. The van der Waals surface area contributed by atoms with Crippen LogP contribution in [0.1, 0.15) is 19.4 Å². The van der Waals surface area contributed by atoms with Crippen molar-refractivity contribution < 1.29 is 33.3 Å². The summed E-state index contributed by atoms with van der Waals surface area (Å²) in [6, 6.07) is 9.73. The Labute approximate surface area is 146 Å². The molecule has 2 bridgehead atoms. The number of carbonyl (C=O) groups excluding carboxylic acids is 2. The fraction of sp³-hybridized carbons (Fsp3) is 0.556. The molecular weight excluding hydrogens is 328 g/mol. The number of carbonyl (C=O) groups is 2. The summed E-state index contributed by atoms with van der Waals surface area (Å²) in [5.74, 6) is -1.14. The van der Waals surface area contributed by atoms with Gasteiger partial charge in [0.15, 0.2) is 5.60 Å². The smallest absolute Gasteiger partial charge is 0.304 e. The average Bonchev–Trinajstić information content (AvgIpc) is 2.73. The van der Waals surface area contributed by atoms with Gasteiger partial charge in [0.05, 0.1) is 25.7 Å². The molecular formula is C18H22O7. The molecule has 7 nitrogen and oxygen atoms in total. The summed E-state index contributed by atoms with van der Waals surface area (Å²) in [4.78, 5) is 22.6. The molecule has 1 aromatic carbocycles. The molecule has 0 aromatic heterocycles. The van der Waals surface area contributed by atoms with Gasteiger partial charge in [0.2, 0.25) is 6.29 Å². The summed E-state index contributed by atoms with van der Waals surface area (Å²) in [6.45, 7) is 3.56. The van der Waals surface area contributed by atoms with Crippen molar-refractivity contribution in [2.45, 2.75) is 38.4 Å². The van der Waals surface area contributed by atoms with E-state index in [-0.39, 0.29) is 19.1 Å². The highest BCUT2D eigenvalue weighted by Crippen LogP contribution is 2.43. The van der Waals surface area contributed by atoms with Crippen molar-refractivity contribution in [3.63, 3.8) is 0 Å². The van der Waals surface area contributed by atoms with Gasteiger partial charge >= 0.3 is 11.9 Å². The van der Waals surface area contributed by atoms with Gasteiger partial charge in [-0.25, -0.2) is 0 Å². The van der Waals surface area contributed by atoms with Crippen LogP contribution in [0.5, 0.6) is 0 Å². The van der Waals surface area contributed by atoms with E-state index in [1.807, 2.05) is 30.3 Å². The standard InChI is InChI=1S/C18H22O7/c1-12(19)23-11-18-10-21-9-15(17(25-18)24-13(2)20)16(18)22-8-14-6-4-3-5-7-14/h3-7,15-17H,8-11H2,1-2H3. The van der Waals surface area contributed by atoms with Gasteiger partial charge in [-0.15, -0.1) is 0 Å². The maximum atomic E-state index is 11.4. The van der Waals surface area contributed by atoms with Crippen LogP contribution >= 0.6 is 0 Å². The summed E-state index contributed by atoms with van der Waals surface area (Å²) in [7, 11) is 0. The SMILES string of the molecule is CC(=O)OCC12COCC(C(OC(C)=O)O1)C2OCc1ccccc1. The lowest BCUT2D eigenvalue weighted by atomic mass is 9.89. The molecule has 2 aliphatic rings. The molecule has 1 aromatic rings. The minimum absolute atomic E-state index is 0.0178. The molecule has 2 heterocycles. The number of fused-ring (bicyclic) bond motifs is 2. The molecule has 0 aliphatic carbocycles. The average molecular weight is 350 g/mol. The van der Waals surface area contributed by atoms with Gasteiger partial charge in [-0.1, -0.05) is 30.3 Å². The van der Waals surface area contributed by atoms with Crippen LogP contribution in [0.4, 0.5) is 0 Å². The molecule has 2 saturated heterocycles. The summed E-state index contributed by atoms with van der Waals surface area (Å²) in [5.41, 5.74) is 0.0313. The lowest BCUT2D eigenvalue weighted by Crippen LogP contribution is -2.54. The quantitative estimate of drug-likeness (QED) is 0.718. The van der Waals surface area contributed by atoms with Crippen molar-refractivity contribution in [1.82, 2.24) is 0 Å². The number of esters is 2.